The van der Waals surface area contributed by atoms with E-state index < -0.39 is 11.9 Å². The minimum absolute atomic E-state index is 0.154. The molecule has 0 bridgehead atoms. The van der Waals surface area contributed by atoms with Crippen molar-refractivity contribution in [3.63, 3.8) is 0 Å². The number of hydrogen-bond donors (Lipinski definition) is 2. The van der Waals surface area contributed by atoms with Gasteiger partial charge in [0.2, 0.25) is 11.3 Å². The smallest absolute Gasteiger partial charge is 0.252 e. The normalized spacial score (nSPS) is 11.9. The number of hydrogen-bond acceptors (Lipinski definition) is 3. The third kappa shape index (κ3) is 4.60. The molecule has 6 nitrogen and oxygen atoms in total. The number of amides is 2. The highest BCUT2D eigenvalue weighted by Gasteiger charge is 2.26. The number of aryl methyl sites for hydroxylation is 2. The highest BCUT2D eigenvalue weighted by molar-refractivity contribution is 9.10. The Kier molecular flexibility index (Phi) is 6.37. The van der Waals surface area contributed by atoms with Crippen LogP contribution < -0.4 is 16.1 Å². The van der Waals surface area contributed by atoms with Crippen LogP contribution in [0.15, 0.2) is 45.9 Å². The number of pyridine rings is 1. The quantitative estimate of drug-likeness (QED) is 0.781. The number of nitrogens with one attached hydrogen (secondary N) is 2. The number of anilines is 1. The maximum absolute atomic E-state index is 12.7. The van der Waals surface area contributed by atoms with E-state index in [-0.39, 0.29) is 22.9 Å². The van der Waals surface area contributed by atoms with Crippen LogP contribution in [0, 0.1) is 12.8 Å². The van der Waals surface area contributed by atoms with Gasteiger partial charge in [-0.25, -0.2) is 0 Å². The highest BCUT2D eigenvalue weighted by Crippen LogP contribution is 2.12. The molecule has 0 aliphatic carbocycles. The second-order valence-corrected chi connectivity index (χ2v) is 7.37. The second kappa shape index (κ2) is 8.31. The summed E-state index contributed by atoms with van der Waals surface area (Å²) < 4.78 is 2.01. The molecule has 138 valence electrons. The molecule has 1 atom stereocenters. The van der Waals surface area contributed by atoms with Gasteiger partial charge in [-0.05, 0) is 40.4 Å². The van der Waals surface area contributed by atoms with Crippen molar-refractivity contribution in [1.29, 1.82) is 0 Å². The third-order valence-corrected chi connectivity index (χ3v) is 4.56. The van der Waals surface area contributed by atoms with Gasteiger partial charge >= 0.3 is 0 Å². The monoisotopic (exact) mass is 419 g/mol. The van der Waals surface area contributed by atoms with Crippen LogP contribution >= 0.6 is 15.9 Å². The highest BCUT2D eigenvalue weighted by atomic mass is 79.9. The molecule has 0 fully saturated rings. The fourth-order valence-electron chi connectivity index (χ4n) is 2.55. The first-order valence-electron chi connectivity index (χ1n) is 8.24. The van der Waals surface area contributed by atoms with Gasteiger partial charge in [-0.3, -0.25) is 14.4 Å². The molecule has 0 aliphatic heterocycles. The molecule has 0 radical (unpaired) electrons. The molecular weight excluding hydrogens is 398 g/mol. The summed E-state index contributed by atoms with van der Waals surface area (Å²) in [5.74, 6) is -0.907. The fourth-order valence-corrected chi connectivity index (χ4v) is 3.08. The maximum Gasteiger partial charge on any atom is 0.252 e. The average molecular weight is 420 g/mol. The van der Waals surface area contributed by atoms with E-state index in [0.717, 1.165) is 5.56 Å². The summed E-state index contributed by atoms with van der Waals surface area (Å²) in [7, 11) is 1.75. The van der Waals surface area contributed by atoms with Gasteiger partial charge in [-0.1, -0.05) is 32.0 Å². The number of carbonyl (C=O) groups is 2. The summed E-state index contributed by atoms with van der Waals surface area (Å²) in [6.45, 7) is 5.51. The van der Waals surface area contributed by atoms with Crippen molar-refractivity contribution in [3.05, 3.63) is 62.5 Å². The van der Waals surface area contributed by atoms with Gasteiger partial charge in [0.15, 0.2) is 0 Å². The van der Waals surface area contributed by atoms with E-state index in [0.29, 0.717) is 10.0 Å². The summed E-state index contributed by atoms with van der Waals surface area (Å²) in [5.41, 5.74) is 1.19. The van der Waals surface area contributed by atoms with Crippen LogP contribution in [0.3, 0.4) is 0 Å². The molecule has 2 N–H and O–H groups in total. The lowest BCUT2D eigenvalue weighted by molar-refractivity contribution is -0.118. The standard InChI is InChI=1S/C19H22BrN3O3/c1-11(2)16(22-18(25)13-8-6-5-7-12(13)3)19(26)21-15-10-23(4)9-14(20)17(15)24/h5-11,16H,1-4H3,(H,21,26)(H,22,25)/t16-/m1/s1. The summed E-state index contributed by atoms with van der Waals surface area (Å²) in [4.78, 5) is 37.4. The van der Waals surface area contributed by atoms with Crippen LogP contribution in [0.4, 0.5) is 5.69 Å². The Labute approximate surface area is 160 Å². The van der Waals surface area contributed by atoms with Crippen molar-refractivity contribution in [2.75, 3.05) is 5.32 Å². The molecule has 2 aromatic rings. The topological polar surface area (TPSA) is 80.2 Å². The SMILES string of the molecule is Cc1ccccc1C(=O)N[C@@H](C(=O)Nc1cn(C)cc(Br)c1=O)C(C)C. The number of aromatic nitrogens is 1. The molecule has 7 heteroatoms. The Morgan fingerprint density at radius 2 is 1.81 bits per heavy atom. The third-order valence-electron chi connectivity index (χ3n) is 3.99. The van der Waals surface area contributed by atoms with Gasteiger partial charge < -0.3 is 15.2 Å². The molecule has 2 amide bonds. The predicted octanol–water partition coefficient (Wildman–Crippen LogP) is 2.85. The van der Waals surface area contributed by atoms with Crippen LogP contribution in [0.2, 0.25) is 0 Å². The van der Waals surface area contributed by atoms with Crippen LogP contribution in [-0.4, -0.2) is 22.4 Å². The molecule has 1 aromatic heterocycles. The van der Waals surface area contributed by atoms with Crippen molar-refractivity contribution < 1.29 is 9.59 Å². The first-order chi connectivity index (χ1) is 12.2. The lowest BCUT2D eigenvalue weighted by Gasteiger charge is -2.22. The molecular formula is C19H22BrN3O3. The van der Waals surface area contributed by atoms with Gasteiger partial charge in [0.25, 0.3) is 5.91 Å². The Hall–Kier alpha value is -2.41. The molecule has 0 spiro atoms. The number of nitrogens with zero attached hydrogens (tertiary/aromatic N) is 1. The number of benzene rings is 1. The van der Waals surface area contributed by atoms with E-state index in [1.165, 1.54) is 6.20 Å². The van der Waals surface area contributed by atoms with E-state index >= 15 is 0 Å². The van der Waals surface area contributed by atoms with Gasteiger partial charge in [-0.15, -0.1) is 0 Å². The first-order valence-corrected chi connectivity index (χ1v) is 9.03. The fraction of sp³-hybridized carbons (Fsp3) is 0.316. The zero-order chi connectivity index (χ0) is 19.4. The maximum atomic E-state index is 12.7. The van der Waals surface area contributed by atoms with Crippen molar-refractivity contribution in [3.8, 4) is 0 Å². The Morgan fingerprint density at radius 1 is 1.15 bits per heavy atom. The predicted molar refractivity (Wildman–Crippen MR) is 105 cm³/mol. The zero-order valence-corrected chi connectivity index (χ0v) is 16.8. The average Bonchev–Trinajstić information content (AvgIpc) is 2.56. The minimum atomic E-state index is -0.772. The van der Waals surface area contributed by atoms with E-state index in [1.54, 1.807) is 29.9 Å². The summed E-state index contributed by atoms with van der Waals surface area (Å²) >= 11 is 3.18. The molecule has 0 saturated heterocycles. The van der Waals surface area contributed by atoms with Crippen molar-refractivity contribution in [1.82, 2.24) is 9.88 Å². The van der Waals surface area contributed by atoms with Gasteiger partial charge in [0, 0.05) is 25.0 Å². The van der Waals surface area contributed by atoms with E-state index in [9.17, 15) is 14.4 Å². The van der Waals surface area contributed by atoms with E-state index in [4.69, 9.17) is 0 Å². The molecule has 2 rings (SSSR count). The van der Waals surface area contributed by atoms with Gasteiger partial charge in [-0.2, -0.15) is 0 Å². The van der Waals surface area contributed by atoms with E-state index in [1.807, 2.05) is 32.9 Å². The van der Waals surface area contributed by atoms with Crippen molar-refractivity contribution >= 4 is 33.4 Å². The van der Waals surface area contributed by atoms with Gasteiger partial charge in [0.1, 0.15) is 11.7 Å². The van der Waals surface area contributed by atoms with Crippen LogP contribution in [0.25, 0.3) is 0 Å². The van der Waals surface area contributed by atoms with Crippen LogP contribution in [0.5, 0.6) is 0 Å². The largest absolute Gasteiger partial charge is 0.354 e. The number of halogens is 1. The molecule has 1 heterocycles. The Balaban J connectivity index is 2.22. The summed E-state index contributed by atoms with van der Waals surface area (Å²) in [6, 6.07) is 6.40. The summed E-state index contributed by atoms with van der Waals surface area (Å²) in [5, 5.41) is 5.40. The first kappa shape index (κ1) is 19.9. The van der Waals surface area contributed by atoms with Gasteiger partial charge in [0.05, 0.1) is 4.47 Å². The second-order valence-electron chi connectivity index (χ2n) is 6.51. The molecule has 1 aromatic carbocycles. The number of rotatable bonds is 5. The minimum Gasteiger partial charge on any atom is -0.354 e. The number of carbonyl (C=O) groups excluding carboxylic acids is 2. The Bertz CT molecular complexity index is 890. The van der Waals surface area contributed by atoms with Crippen LogP contribution in [0.1, 0.15) is 29.8 Å². The zero-order valence-electron chi connectivity index (χ0n) is 15.2. The van der Waals surface area contributed by atoms with E-state index in [2.05, 4.69) is 26.6 Å². The molecule has 26 heavy (non-hydrogen) atoms. The van der Waals surface area contributed by atoms with Crippen molar-refractivity contribution in [2.45, 2.75) is 26.8 Å². The molecule has 0 unspecified atom stereocenters. The lowest BCUT2D eigenvalue weighted by atomic mass is 10.0. The van der Waals surface area contributed by atoms with Crippen molar-refractivity contribution in [2.24, 2.45) is 13.0 Å². The summed E-state index contributed by atoms with van der Waals surface area (Å²) in [6.07, 6.45) is 3.14. The molecule has 0 saturated carbocycles. The Morgan fingerprint density at radius 3 is 2.42 bits per heavy atom. The molecule has 0 aliphatic rings. The van der Waals surface area contributed by atoms with Crippen LogP contribution in [-0.2, 0) is 11.8 Å². The lowest BCUT2D eigenvalue weighted by Crippen LogP contribution is -2.47.